The van der Waals surface area contributed by atoms with E-state index < -0.39 is 11.6 Å². The van der Waals surface area contributed by atoms with E-state index in [4.69, 9.17) is 0 Å². The first kappa shape index (κ1) is 19.4. The van der Waals surface area contributed by atoms with Crippen molar-refractivity contribution >= 4 is 29.9 Å². The average molecular weight is 394 g/mol. The molecule has 2 aromatic rings. The molecule has 146 valence electrons. The molecule has 0 bridgehead atoms. The predicted molar refractivity (Wildman–Crippen MR) is 102 cm³/mol. The summed E-state index contributed by atoms with van der Waals surface area (Å²) in [4.78, 5) is 27.6. The number of nitrogens with zero attached hydrogens (tertiary/aromatic N) is 5. The van der Waals surface area contributed by atoms with E-state index in [1.165, 1.54) is 0 Å². The Morgan fingerprint density at radius 1 is 1.33 bits per heavy atom. The first-order valence-electron chi connectivity index (χ1n) is 8.92. The lowest BCUT2D eigenvalue weighted by Gasteiger charge is -2.37. The number of piperidine rings is 1. The minimum absolute atomic E-state index is 0. The molecule has 27 heavy (non-hydrogen) atoms. The van der Waals surface area contributed by atoms with Crippen molar-refractivity contribution in [1.82, 2.24) is 30.2 Å². The van der Waals surface area contributed by atoms with Crippen LogP contribution in [0.3, 0.4) is 0 Å². The summed E-state index contributed by atoms with van der Waals surface area (Å²) in [6.45, 7) is 2.06. The number of carbonyl (C=O) groups is 2. The maximum absolute atomic E-state index is 13.2. The molecule has 4 rings (SSSR count). The van der Waals surface area contributed by atoms with Crippen molar-refractivity contribution in [1.29, 1.82) is 0 Å². The minimum atomic E-state index is -0.739. The minimum Gasteiger partial charge on any atom is -0.342 e. The van der Waals surface area contributed by atoms with Crippen molar-refractivity contribution in [3.63, 3.8) is 0 Å². The number of aromatic nitrogens is 4. The fraction of sp³-hybridized carbons (Fsp3) is 0.529. The number of amides is 2. The number of rotatable bonds is 4. The number of hydrogen-bond donors (Lipinski definition) is 2. The predicted octanol–water partition coefficient (Wildman–Crippen LogP) is 0.0388. The molecule has 10 heteroatoms. The monoisotopic (exact) mass is 393 g/mol. The largest absolute Gasteiger partial charge is 0.342 e. The molecule has 2 aromatic heterocycles. The van der Waals surface area contributed by atoms with Crippen LogP contribution in [0.4, 0.5) is 5.69 Å². The summed E-state index contributed by atoms with van der Waals surface area (Å²) in [5.41, 5.74) is 0.0226. The highest BCUT2D eigenvalue weighted by Crippen LogP contribution is 2.28. The molecule has 1 unspecified atom stereocenters. The van der Waals surface area contributed by atoms with Gasteiger partial charge in [0, 0.05) is 32.2 Å². The van der Waals surface area contributed by atoms with Crippen molar-refractivity contribution < 1.29 is 9.59 Å². The van der Waals surface area contributed by atoms with Gasteiger partial charge in [0.05, 0.1) is 11.9 Å². The van der Waals surface area contributed by atoms with E-state index in [1.54, 1.807) is 32.9 Å². The highest BCUT2D eigenvalue weighted by atomic mass is 35.5. The van der Waals surface area contributed by atoms with Crippen LogP contribution in [0.25, 0.3) is 0 Å². The standard InChI is InChI=1S/C17H23N7O2.ClH/c1-22-12-13(11-20-22)23-10-3-14(15(23)25)21-16(26)17(4-7-18-8-5-17)24-9-2-6-19-24;/h2,6,9,11-12,14,18H,3-5,7-8,10H2,1H3,(H,21,26);1H. The topological polar surface area (TPSA) is 97.1 Å². The number of hydrogen-bond acceptors (Lipinski definition) is 5. The van der Waals surface area contributed by atoms with Gasteiger partial charge in [0.1, 0.15) is 11.6 Å². The molecular formula is C17H24ClN7O2. The molecule has 0 radical (unpaired) electrons. The number of aryl methyl sites for hydroxylation is 1. The van der Waals surface area contributed by atoms with E-state index in [2.05, 4.69) is 20.8 Å². The van der Waals surface area contributed by atoms with Crippen LogP contribution in [0.5, 0.6) is 0 Å². The second kappa shape index (κ2) is 7.69. The van der Waals surface area contributed by atoms with Gasteiger partial charge in [0.2, 0.25) is 11.8 Å². The maximum atomic E-state index is 13.2. The van der Waals surface area contributed by atoms with E-state index in [-0.39, 0.29) is 24.2 Å². The Bertz CT molecular complexity index is 798. The first-order chi connectivity index (χ1) is 12.6. The lowest BCUT2D eigenvalue weighted by molar-refractivity contribution is -0.135. The van der Waals surface area contributed by atoms with Crippen LogP contribution in [-0.2, 0) is 22.2 Å². The molecule has 4 heterocycles. The van der Waals surface area contributed by atoms with Gasteiger partial charge in [-0.25, -0.2) is 0 Å². The molecule has 0 spiro atoms. The molecule has 2 fully saturated rings. The summed E-state index contributed by atoms with van der Waals surface area (Å²) < 4.78 is 3.40. The van der Waals surface area contributed by atoms with Crippen molar-refractivity contribution in [2.75, 3.05) is 24.5 Å². The van der Waals surface area contributed by atoms with E-state index in [0.29, 0.717) is 25.8 Å². The number of nitrogens with one attached hydrogen (secondary N) is 2. The van der Waals surface area contributed by atoms with Gasteiger partial charge >= 0.3 is 0 Å². The van der Waals surface area contributed by atoms with Crippen LogP contribution in [0.2, 0.25) is 0 Å². The SMILES string of the molecule is Cl.Cn1cc(N2CCC(NC(=O)C3(n4cccn4)CCNCC3)C2=O)cn1. The van der Waals surface area contributed by atoms with Crippen LogP contribution in [0.1, 0.15) is 19.3 Å². The molecule has 2 amide bonds. The number of carbonyl (C=O) groups excluding carboxylic acids is 2. The highest BCUT2D eigenvalue weighted by molar-refractivity contribution is 6.01. The molecule has 9 nitrogen and oxygen atoms in total. The normalized spacial score (nSPS) is 21.7. The third kappa shape index (κ3) is 3.44. The first-order valence-corrected chi connectivity index (χ1v) is 8.92. The van der Waals surface area contributed by atoms with Crippen molar-refractivity contribution in [3.8, 4) is 0 Å². The lowest BCUT2D eigenvalue weighted by Crippen LogP contribution is -2.57. The van der Waals surface area contributed by atoms with Crippen molar-refractivity contribution in [2.45, 2.75) is 30.8 Å². The summed E-state index contributed by atoms with van der Waals surface area (Å²) in [6.07, 6.45) is 8.86. The van der Waals surface area contributed by atoms with Crippen LogP contribution < -0.4 is 15.5 Å². The zero-order valence-electron chi connectivity index (χ0n) is 15.2. The second-order valence-corrected chi connectivity index (χ2v) is 6.91. The van der Waals surface area contributed by atoms with Gasteiger partial charge in [-0.15, -0.1) is 12.4 Å². The third-order valence-electron chi connectivity index (χ3n) is 5.31. The van der Waals surface area contributed by atoms with Gasteiger partial charge in [-0.05, 0) is 38.4 Å². The van der Waals surface area contributed by atoms with Crippen molar-refractivity contribution in [2.24, 2.45) is 7.05 Å². The van der Waals surface area contributed by atoms with Crippen LogP contribution in [0.15, 0.2) is 30.9 Å². The van der Waals surface area contributed by atoms with E-state index in [1.807, 2.05) is 19.3 Å². The van der Waals surface area contributed by atoms with Crippen molar-refractivity contribution in [3.05, 3.63) is 30.9 Å². The van der Waals surface area contributed by atoms with Gasteiger partial charge in [-0.3, -0.25) is 19.0 Å². The Morgan fingerprint density at radius 3 is 2.74 bits per heavy atom. The summed E-state index contributed by atoms with van der Waals surface area (Å²) in [5, 5.41) is 14.7. The zero-order valence-corrected chi connectivity index (χ0v) is 16.0. The Labute approximate surface area is 163 Å². The molecule has 2 aliphatic heterocycles. The van der Waals surface area contributed by atoms with Crippen LogP contribution in [-0.4, -0.2) is 57.1 Å². The number of anilines is 1. The summed E-state index contributed by atoms with van der Waals surface area (Å²) in [7, 11) is 1.81. The van der Waals surface area contributed by atoms with E-state index >= 15 is 0 Å². The quantitative estimate of drug-likeness (QED) is 0.764. The van der Waals surface area contributed by atoms with Gasteiger partial charge in [-0.1, -0.05) is 0 Å². The zero-order chi connectivity index (χ0) is 18.1. The second-order valence-electron chi connectivity index (χ2n) is 6.91. The van der Waals surface area contributed by atoms with Gasteiger partial charge in [0.15, 0.2) is 0 Å². The molecular weight excluding hydrogens is 370 g/mol. The Hall–Kier alpha value is -2.39. The van der Waals surface area contributed by atoms with E-state index in [9.17, 15) is 9.59 Å². The molecule has 2 N–H and O–H groups in total. The average Bonchev–Trinajstić information content (AvgIpc) is 3.39. The molecule has 0 aliphatic carbocycles. The summed E-state index contributed by atoms with van der Waals surface area (Å²) >= 11 is 0. The molecule has 0 aromatic carbocycles. The van der Waals surface area contributed by atoms with Crippen LogP contribution in [0, 0.1) is 0 Å². The smallest absolute Gasteiger partial charge is 0.249 e. The summed E-state index contributed by atoms with van der Waals surface area (Å²) in [6, 6.07) is 1.31. The molecule has 0 saturated carbocycles. The molecule has 1 atom stereocenters. The fourth-order valence-corrected chi connectivity index (χ4v) is 3.83. The lowest BCUT2D eigenvalue weighted by atomic mass is 9.87. The van der Waals surface area contributed by atoms with Gasteiger partial charge < -0.3 is 15.5 Å². The molecule has 2 saturated heterocycles. The van der Waals surface area contributed by atoms with Gasteiger partial charge in [0.25, 0.3) is 0 Å². The molecule has 2 aliphatic rings. The summed E-state index contributed by atoms with van der Waals surface area (Å²) in [5.74, 6) is -0.218. The maximum Gasteiger partial charge on any atom is 0.249 e. The Morgan fingerprint density at radius 2 is 2.11 bits per heavy atom. The fourth-order valence-electron chi connectivity index (χ4n) is 3.83. The Balaban J connectivity index is 0.00000210. The highest BCUT2D eigenvalue weighted by Gasteiger charge is 2.44. The Kier molecular flexibility index (Phi) is 5.52. The van der Waals surface area contributed by atoms with Gasteiger partial charge in [-0.2, -0.15) is 10.2 Å². The van der Waals surface area contributed by atoms with Crippen LogP contribution >= 0.6 is 12.4 Å². The number of halogens is 1. The third-order valence-corrected chi connectivity index (χ3v) is 5.31. The van der Waals surface area contributed by atoms with E-state index in [0.717, 1.165) is 18.8 Å².